The minimum absolute atomic E-state index is 0.158. The molecule has 0 spiro atoms. The normalized spacial score (nSPS) is 22.3. The Labute approximate surface area is 201 Å². The van der Waals surface area contributed by atoms with Gasteiger partial charge in [-0.05, 0) is 61.1 Å². The highest BCUT2D eigenvalue weighted by Gasteiger charge is 2.39. The van der Waals surface area contributed by atoms with Gasteiger partial charge in [-0.25, -0.2) is 9.37 Å². The summed E-state index contributed by atoms with van der Waals surface area (Å²) in [6.45, 7) is 11.5. The molecule has 2 aliphatic rings. The van der Waals surface area contributed by atoms with E-state index in [2.05, 4.69) is 65.5 Å². The fourth-order valence-corrected chi connectivity index (χ4v) is 6.02. The zero-order valence-corrected chi connectivity index (χ0v) is 20.4. The number of hydrogen-bond donors (Lipinski definition) is 0. The van der Waals surface area contributed by atoms with Gasteiger partial charge in [-0.3, -0.25) is 4.90 Å². The summed E-state index contributed by atoms with van der Waals surface area (Å²) in [5, 5.41) is 10.2. The van der Waals surface area contributed by atoms with Crippen molar-refractivity contribution in [1.82, 2.24) is 14.5 Å². The van der Waals surface area contributed by atoms with E-state index < -0.39 is 5.41 Å². The third-order valence-corrected chi connectivity index (χ3v) is 8.11. The van der Waals surface area contributed by atoms with Gasteiger partial charge in [0.25, 0.3) is 0 Å². The SMILES string of the molecule is CC1Cn2c(nc3ccccc32)N2CCN(CCCC(C#N)(c3ccc(F)cc3)C(C)C)CC12. The molecule has 5 nitrogen and oxygen atoms in total. The van der Waals surface area contributed by atoms with Crippen molar-refractivity contribution in [3.63, 3.8) is 0 Å². The van der Waals surface area contributed by atoms with Crippen molar-refractivity contribution in [3.05, 3.63) is 59.9 Å². The number of hydrogen-bond acceptors (Lipinski definition) is 4. The Balaban J connectivity index is 1.27. The van der Waals surface area contributed by atoms with Gasteiger partial charge in [0.15, 0.2) is 0 Å². The van der Waals surface area contributed by atoms with Crippen LogP contribution in [0.15, 0.2) is 48.5 Å². The molecule has 3 unspecified atom stereocenters. The number of aromatic nitrogens is 2. The number of nitrogens with zero attached hydrogens (tertiary/aromatic N) is 5. The molecule has 1 fully saturated rings. The lowest BCUT2D eigenvalue weighted by molar-refractivity contribution is 0.169. The lowest BCUT2D eigenvalue weighted by Crippen LogP contribution is -2.59. The van der Waals surface area contributed by atoms with Crippen LogP contribution in [-0.2, 0) is 12.0 Å². The molecule has 178 valence electrons. The van der Waals surface area contributed by atoms with Crippen molar-refractivity contribution in [1.29, 1.82) is 5.26 Å². The van der Waals surface area contributed by atoms with Crippen LogP contribution in [0.5, 0.6) is 0 Å². The Bertz CT molecular complexity index is 1190. The van der Waals surface area contributed by atoms with Crippen molar-refractivity contribution >= 4 is 17.0 Å². The highest BCUT2D eigenvalue weighted by Crippen LogP contribution is 2.37. The number of anilines is 1. The Morgan fingerprint density at radius 3 is 2.62 bits per heavy atom. The van der Waals surface area contributed by atoms with Crippen LogP contribution in [0.4, 0.5) is 10.3 Å². The number of piperazine rings is 1. The van der Waals surface area contributed by atoms with Crippen LogP contribution in [0.1, 0.15) is 39.2 Å². The van der Waals surface area contributed by atoms with Gasteiger partial charge in [0.1, 0.15) is 5.82 Å². The third kappa shape index (κ3) is 3.86. The maximum absolute atomic E-state index is 13.5. The lowest BCUT2D eigenvalue weighted by atomic mass is 9.70. The van der Waals surface area contributed by atoms with E-state index in [9.17, 15) is 9.65 Å². The number of imidazole rings is 1. The van der Waals surface area contributed by atoms with Gasteiger partial charge in [0, 0.05) is 32.2 Å². The number of halogens is 1. The number of nitriles is 1. The lowest BCUT2D eigenvalue weighted by Gasteiger charge is -2.47. The fourth-order valence-electron chi connectivity index (χ4n) is 6.02. The molecule has 0 amide bonds. The molecular weight excluding hydrogens is 425 g/mol. The molecule has 2 aromatic carbocycles. The van der Waals surface area contributed by atoms with Crippen molar-refractivity contribution < 1.29 is 4.39 Å². The Kier molecular flexibility index (Phi) is 6.07. The first-order valence-electron chi connectivity index (χ1n) is 12.5. The maximum atomic E-state index is 13.5. The molecule has 6 heteroatoms. The summed E-state index contributed by atoms with van der Waals surface area (Å²) in [5.74, 6) is 1.56. The topological polar surface area (TPSA) is 48.1 Å². The van der Waals surface area contributed by atoms with E-state index in [0.717, 1.165) is 62.6 Å². The smallest absolute Gasteiger partial charge is 0.206 e. The summed E-state index contributed by atoms with van der Waals surface area (Å²) >= 11 is 0. The van der Waals surface area contributed by atoms with Crippen LogP contribution in [0.3, 0.4) is 0 Å². The minimum Gasteiger partial charge on any atom is -0.336 e. The largest absolute Gasteiger partial charge is 0.336 e. The van der Waals surface area contributed by atoms with Crippen molar-refractivity contribution in [2.75, 3.05) is 31.1 Å². The van der Waals surface area contributed by atoms with E-state index in [-0.39, 0.29) is 11.7 Å². The molecule has 5 rings (SSSR count). The first-order chi connectivity index (χ1) is 16.4. The van der Waals surface area contributed by atoms with Crippen LogP contribution < -0.4 is 4.90 Å². The average molecular weight is 460 g/mol. The van der Waals surface area contributed by atoms with Gasteiger partial charge >= 0.3 is 0 Å². The number of fused-ring (bicyclic) bond motifs is 5. The van der Waals surface area contributed by atoms with Crippen LogP contribution in [0.2, 0.25) is 0 Å². The molecule has 1 aromatic heterocycles. The highest BCUT2D eigenvalue weighted by molar-refractivity contribution is 5.79. The summed E-state index contributed by atoms with van der Waals surface area (Å²) in [4.78, 5) is 10.0. The standard InChI is InChI=1S/C28H34FN5/c1-20(2)28(19-30,22-9-11-23(29)12-10-22)13-6-14-32-15-16-33-26(18-32)21(3)17-34-25-8-5-4-7-24(25)31-27(33)34/h4-5,7-12,20-21,26H,6,13-18H2,1-3H3. The summed E-state index contributed by atoms with van der Waals surface area (Å²) in [7, 11) is 0. The van der Waals surface area contributed by atoms with Gasteiger partial charge in [-0.1, -0.05) is 45.0 Å². The summed E-state index contributed by atoms with van der Waals surface area (Å²) < 4.78 is 15.9. The van der Waals surface area contributed by atoms with Crippen molar-refractivity contribution in [3.8, 4) is 6.07 Å². The molecule has 1 saturated heterocycles. The monoisotopic (exact) mass is 459 g/mol. The molecule has 0 aliphatic carbocycles. The third-order valence-electron chi connectivity index (χ3n) is 8.11. The van der Waals surface area contributed by atoms with E-state index in [0.29, 0.717) is 12.0 Å². The number of rotatable bonds is 6. The Morgan fingerprint density at radius 1 is 1.12 bits per heavy atom. The second-order valence-corrected chi connectivity index (χ2v) is 10.4. The first kappa shape index (κ1) is 22.9. The molecule has 0 saturated carbocycles. The summed E-state index contributed by atoms with van der Waals surface area (Å²) in [6, 6.07) is 18.0. The minimum atomic E-state index is -0.585. The Hall–Kier alpha value is -2.91. The van der Waals surface area contributed by atoms with E-state index in [4.69, 9.17) is 4.98 Å². The molecule has 2 aliphatic heterocycles. The predicted molar refractivity (Wildman–Crippen MR) is 134 cm³/mol. The van der Waals surface area contributed by atoms with E-state index in [1.54, 1.807) is 12.1 Å². The molecular formula is C28H34FN5. The molecule has 34 heavy (non-hydrogen) atoms. The molecule has 0 bridgehead atoms. The van der Waals surface area contributed by atoms with Crippen LogP contribution in [0.25, 0.3) is 11.0 Å². The zero-order valence-electron chi connectivity index (χ0n) is 20.4. The molecule has 3 heterocycles. The molecule has 0 radical (unpaired) electrons. The van der Waals surface area contributed by atoms with Crippen LogP contribution in [-0.4, -0.2) is 46.7 Å². The summed E-state index contributed by atoms with van der Waals surface area (Å²) in [5.41, 5.74) is 2.65. The van der Waals surface area contributed by atoms with Crippen molar-refractivity contribution in [2.24, 2.45) is 11.8 Å². The maximum Gasteiger partial charge on any atom is 0.206 e. The highest BCUT2D eigenvalue weighted by atomic mass is 19.1. The van der Waals surface area contributed by atoms with Gasteiger partial charge in [-0.2, -0.15) is 5.26 Å². The number of benzene rings is 2. The van der Waals surface area contributed by atoms with E-state index >= 15 is 0 Å². The van der Waals surface area contributed by atoms with Gasteiger partial charge in [0.05, 0.1) is 22.5 Å². The Morgan fingerprint density at radius 2 is 1.88 bits per heavy atom. The predicted octanol–water partition coefficient (Wildman–Crippen LogP) is 5.21. The second-order valence-electron chi connectivity index (χ2n) is 10.4. The fraction of sp³-hybridized carbons (Fsp3) is 0.500. The van der Waals surface area contributed by atoms with Gasteiger partial charge < -0.3 is 9.47 Å². The zero-order chi connectivity index (χ0) is 23.9. The number of para-hydroxylation sites is 2. The van der Waals surface area contributed by atoms with Gasteiger partial charge in [-0.15, -0.1) is 0 Å². The molecule has 0 N–H and O–H groups in total. The average Bonchev–Trinajstić information content (AvgIpc) is 3.21. The quantitative estimate of drug-likeness (QED) is 0.508. The first-order valence-corrected chi connectivity index (χ1v) is 12.5. The van der Waals surface area contributed by atoms with E-state index in [1.165, 1.54) is 17.6 Å². The van der Waals surface area contributed by atoms with Crippen LogP contribution in [0, 0.1) is 29.0 Å². The van der Waals surface area contributed by atoms with Crippen LogP contribution >= 0.6 is 0 Å². The summed E-state index contributed by atoms with van der Waals surface area (Å²) in [6.07, 6.45) is 1.73. The van der Waals surface area contributed by atoms with Crippen molar-refractivity contribution in [2.45, 2.75) is 51.6 Å². The second kappa shape index (κ2) is 9.03. The van der Waals surface area contributed by atoms with Gasteiger partial charge in [0.2, 0.25) is 5.95 Å². The molecule has 3 atom stereocenters. The van der Waals surface area contributed by atoms with E-state index in [1.807, 2.05) is 0 Å². The molecule has 3 aromatic rings.